The molecule has 118 valence electrons. The minimum absolute atomic E-state index is 0.262. The van der Waals surface area contributed by atoms with E-state index in [4.69, 9.17) is 11.6 Å². The zero-order chi connectivity index (χ0) is 16.4. The fourth-order valence-corrected chi connectivity index (χ4v) is 3.37. The molecule has 3 aromatic rings. The predicted octanol–water partition coefficient (Wildman–Crippen LogP) is 4.35. The molecule has 1 aromatic heterocycles. The molecule has 0 aliphatic heterocycles. The van der Waals surface area contributed by atoms with Gasteiger partial charge in [-0.05, 0) is 47.7 Å². The van der Waals surface area contributed by atoms with Gasteiger partial charge in [0.25, 0.3) is 5.56 Å². The normalized spacial score (nSPS) is 11.1. The van der Waals surface area contributed by atoms with Gasteiger partial charge in [-0.15, -0.1) is 11.8 Å². The summed E-state index contributed by atoms with van der Waals surface area (Å²) in [6, 6.07) is 9.66. The van der Waals surface area contributed by atoms with E-state index >= 15 is 0 Å². The maximum absolute atomic E-state index is 13.4. The van der Waals surface area contributed by atoms with Gasteiger partial charge in [0.15, 0.2) is 0 Å². The van der Waals surface area contributed by atoms with Crippen molar-refractivity contribution in [3.8, 4) is 0 Å². The van der Waals surface area contributed by atoms with Crippen LogP contribution in [0.4, 0.5) is 4.39 Å². The fraction of sp³-hybridized carbons (Fsp3) is 0.176. The Morgan fingerprint density at radius 3 is 2.87 bits per heavy atom. The third-order valence-electron chi connectivity index (χ3n) is 3.45. The van der Waals surface area contributed by atoms with Gasteiger partial charge in [-0.1, -0.05) is 18.5 Å². The molecule has 3 nitrogen and oxygen atoms in total. The van der Waals surface area contributed by atoms with Crippen molar-refractivity contribution in [2.24, 2.45) is 0 Å². The van der Waals surface area contributed by atoms with Crippen molar-refractivity contribution in [1.82, 2.24) is 9.55 Å². The molecule has 0 fully saturated rings. The summed E-state index contributed by atoms with van der Waals surface area (Å²) in [5.41, 5.74) is 1.17. The average molecular weight is 349 g/mol. The molecule has 0 unspecified atom stereocenters. The molecular formula is C17H14ClFN2OS. The Balaban J connectivity index is 2.07. The minimum Gasteiger partial charge on any atom is -0.294 e. The van der Waals surface area contributed by atoms with Crippen LogP contribution in [-0.2, 0) is 6.54 Å². The quantitative estimate of drug-likeness (QED) is 0.657. The molecule has 0 saturated heterocycles. The van der Waals surface area contributed by atoms with Gasteiger partial charge >= 0.3 is 0 Å². The number of halogens is 2. The Kier molecular flexibility index (Phi) is 4.68. The number of hydrogen-bond acceptors (Lipinski definition) is 3. The van der Waals surface area contributed by atoms with Gasteiger partial charge in [-0.2, -0.15) is 0 Å². The lowest BCUT2D eigenvalue weighted by molar-refractivity contribution is 0.629. The first kappa shape index (κ1) is 16.0. The second-order valence-corrected chi connectivity index (χ2v) is 6.77. The molecule has 23 heavy (non-hydrogen) atoms. The van der Waals surface area contributed by atoms with Crippen LogP contribution in [0.15, 0.2) is 52.4 Å². The molecule has 0 radical (unpaired) electrons. The summed E-state index contributed by atoms with van der Waals surface area (Å²) in [5.74, 6) is 0.476. The van der Waals surface area contributed by atoms with Crippen molar-refractivity contribution in [3.05, 3.63) is 69.5 Å². The Morgan fingerprint density at radius 1 is 1.26 bits per heavy atom. The van der Waals surface area contributed by atoms with E-state index in [0.717, 1.165) is 16.2 Å². The highest BCUT2D eigenvalue weighted by molar-refractivity contribution is 7.99. The Hall–Kier alpha value is -1.85. The van der Waals surface area contributed by atoms with E-state index in [1.165, 1.54) is 29.1 Å². The lowest BCUT2D eigenvalue weighted by atomic mass is 10.2. The summed E-state index contributed by atoms with van der Waals surface area (Å²) in [6.07, 6.45) is 1.49. The van der Waals surface area contributed by atoms with Crippen molar-refractivity contribution < 1.29 is 4.39 Å². The van der Waals surface area contributed by atoms with Crippen molar-refractivity contribution in [3.63, 3.8) is 0 Å². The Morgan fingerprint density at radius 2 is 2.09 bits per heavy atom. The molecule has 0 aliphatic rings. The first-order valence-corrected chi connectivity index (χ1v) is 8.51. The topological polar surface area (TPSA) is 34.9 Å². The summed E-state index contributed by atoms with van der Waals surface area (Å²) in [4.78, 5) is 17.9. The van der Waals surface area contributed by atoms with Gasteiger partial charge in [0, 0.05) is 9.92 Å². The van der Waals surface area contributed by atoms with Crippen molar-refractivity contribution in [2.45, 2.75) is 18.4 Å². The minimum atomic E-state index is -0.445. The number of rotatable bonds is 4. The van der Waals surface area contributed by atoms with Crippen LogP contribution in [-0.4, -0.2) is 15.3 Å². The largest absolute Gasteiger partial charge is 0.294 e. The van der Waals surface area contributed by atoms with Crippen LogP contribution in [0.3, 0.4) is 0 Å². The molecule has 0 aliphatic carbocycles. The SMILES string of the molecule is CCSc1ccc(Cl)cc1Cn1cnc2ccc(F)cc2c1=O. The maximum Gasteiger partial charge on any atom is 0.261 e. The highest BCUT2D eigenvalue weighted by atomic mass is 35.5. The zero-order valence-electron chi connectivity index (χ0n) is 12.4. The molecule has 2 aromatic carbocycles. The predicted molar refractivity (Wildman–Crippen MR) is 92.9 cm³/mol. The molecule has 0 bridgehead atoms. The molecule has 0 N–H and O–H groups in total. The zero-order valence-corrected chi connectivity index (χ0v) is 14.0. The monoisotopic (exact) mass is 348 g/mol. The van der Waals surface area contributed by atoms with Crippen LogP contribution in [0.5, 0.6) is 0 Å². The third kappa shape index (κ3) is 3.41. The average Bonchev–Trinajstić information content (AvgIpc) is 2.53. The second kappa shape index (κ2) is 6.72. The lowest BCUT2D eigenvalue weighted by Crippen LogP contribution is -2.21. The van der Waals surface area contributed by atoms with E-state index in [1.54, 1.807) is 11.8 Å². The van der Waals surface area contributed by atoms with Gasteiger partial charge in [-0.25, -0.2) is 9.37 Å². The first-order chi connectivity index (χ1) is 11.1. The Labute approximate surface area is 142 Å². The van der Waals surface area contributed by atoms with Gasteiger partial charge < -0.3 is 0 Å². The summed E-state index contributed by atoms with van der Waals surface area (Å²) in [5, 5.41) is 0.896. The van der Waals surface area contributed by atoms with E-state index in [1.807, 2.05) is 18.2 Å². The maximum atomic E-state index is 13.4. The van der Waals surface area contributed by atoms with Gasteiger partial charge in [0.1, 0.15) is 5.82 Å². The van der Waals surface area contributed by atoms with E-state index in [2.05, 4.69) is 11.9 Å². The molecule has 3 rings (SSSR count). The standard InChI is InChI=1S/C17H14ClFN2OS/c1-2-23-16-6-3-12(18)7-11(16)9-21-10-20-15-5-4-13(19)8-14(15)17(21)22/h3-8,10H,2,9H2,1H3. The smallest absolute Gasteiger partial charge is 0.261 e. The summed E-state index contributed by atoms with van der Waals surface area (Å²) in [6.45, 7) is 2.41. The second-order valence-electron chi connectivity index (χ2n) is 5.02. The van der Waals surface area contributed by atoms with Crippen molar-refractivity contribution in [2.75, 3.05) is 5.75 Å². The van der Waals surface area contributed by atoms with E-state index in [9.17, 15) is 9.18 Å². The van der Waals surface area contributed by atoms with Crippen LogP contribution in [0, 0.1) is 5.82 Å². The first-order valence-electron chi connectivity index (χ1n) is 7.14. The fourth-order valence-electron chi connectivity index (χ4n) is 2.40. The number of aromatic nitrogens is 2. The lowest BCUT2D eigenvalue weighted by Gasteiger charge is -2.11. The van der Waals surface area contributed by atoms with Crippen molar-refractivity contribution in [1.29, 1.82) is 0 Å². The molecule has 0 spiro atoms. The number of thioether (sulfide) groups is 1. The third-order valence-corrected chi connectivity index (χ3v) is 4.68. The molecule has 1 heterocycles. The van der Waals surface area contributed by atoms with Crippen LogP contribution in [0.2, 0.25) is 5.02 Å². The van der Waals surface area contributed by atoms with Crippen LogP contribution >= 0.6 is 23.4 Å². The van der Waals surface area contributed by atoms with Crippen molar-refractivity contribution >= 4 is 34.3 Å². The van der Waals surface area contributed by atoms with E-state index in [0.29, 0.717) is 17.1 Å². The van der Waals surface area contributed by atoms with Gasteiger partial charge in [0.05, 0.1) is 23.8 Å². The van der Waals surface area contributed by atoms with Crippen LogP contribution < -0.4 is 5.56 Å². The molecule has 0 atom stereocenters. The molecular weight excluding hydrogens is 335 g/mol. The van der Waals surface area contributed by atoms with Gasteiger partial charge in [0.2, 0.25) is 0 Å². The molecule has 6 heteroatoms. The molecule has 0 amide bonds. The highest BCUT2D eigenvalue weighted by Crippen LogP contribution is 2.26. The van der Waals surface area contributed by atoms with Crippen LogP contribution in [0.25, 0.3) is 10.9 Å². The van der Waals surface area contributed by atoms with Crippen LogP contribution in [0.1, 0.15) is 12.5 Å². The number of hydrogen-bond donors (Lipinski definition) is 0. The number of nitrogens with zero attached hydrogens (tertiary/aromatic N) is 2. The van der Waals surface area contributed by atoms with Gasteiger partial charge in [-0.3, -0.25) is 9.36 Å². The summed E-state index contributed by atoms with van der Waals surface area (Å²) >= 11 is 7.76. The van der Waals surface area contributed by atoms with E-state index < -0.39 is 5.82 Å². The summed E-state index contributed by atoms with van der Waals surface area (Å²) < 4.78 is 14.9. The Bertz CT molecular complexity index is 926. The summed E-state index contributed by atoms with van der Waals surface area (Å²) in [7, 11) is 0. The number of benzene rings is 2. The molecule has 0 saturated carbocycles. The highest BCUT2D eigenvalue weighted by Gasteiger charge is 2.09. The van der Waals surface area contributed by atoms with E-state index in [-0.39, 0.29) is 10.9 Å². The number of fused-ring (bicyclic) bond motifs is 1.